The van der Waals surface area contributed by atoms with Crippen LogP contribution in [-0.2, 0) is 6.42 Å². The van der Waals surface area contributed by atoms with E-state index in [0.29, 0.717) is 0 Å². The third-order valence-electron chi connectivity index (χ3n) is 6.67. The molecule has 0 unspecified atom stereocenters. The van der Waals surface area contributed by atoms with Crippen LogP contribution in [0.5, 0.6) is 0 Å². The third kappa shape index (κ3) is 5.79. The standard InChI is InChI=1S/C22H24N2.C7H14/c1-4-5-7-19(18-8-6-9-22-20(18)10-11-24-22)21-13-17(14-23)15(2)12-16(21)3;1-7-5-3-2-4-6-7/h6-9,12-13,24H,4-5,10-11H2,1-3H3;7H,2-6H2,1H3/b19-7-;. The lowest BCUT2D eigenvalue weighted by atomic mass is 9.87. The Kier molecular flexibility index (Phi) is 8.35. The zero-order chi connectivity index (χ0) is 22.2. The van der Waals surface area contributed by atoms with Crippen LogP contribution in [0.4, 0.5) is 5.69 Å². The molecular formula is C29H38N2. The first-order valence-electron chi connectivity index (χ1n) is 12.1. The predicted octanol–water partition coefficient (Wildman–Crippen LogP) is 7.96. The SMILES string of the molecule is CC1CCCCC1.CCC/C=C(\c1cc(C#N)c(C)cc1C)c1cccc2c1CCN2. The van der Waals surface area contributed by atoms with Gasteiger partial charge in [-0.1, -0.05) is 76.6 Å². The highest BCUT2D eigenvalue weighted by Crippen LogP contribution is 2.35. The van der Waals surface area contributed by atoms with E-state index in [9.17, 15) is 5.26 Å². The molecule has 0 amide bonds. The first-order valence-corrected chi connectivity index (χ1v) is 12.1. The average Bonchev–Trinajstić information content (AvgIpc) is 3.26. The average molecular weight is 415 g/mol. The Morgan fingerprint density at radius 1 is 1.10 bits per heavy atom. The summed E-state index contributed by atoms with van der Waals surface area (Å²) in [5.41, 5.74) is 9.47. The van der Waals surface area contributed by atoms with Gasteiger partial charge in [-0.25, -0.2) is 0 Å². The third-order valence-corrected chi connectivity index (χ3v) is 6.67. The number of fused-ring (bicyclic) bond motifs is 1. The maximum Gasteiger partial charge on any atom is 0.0994 e. The highest BCUT2D eigenvalue weighted by atomic mass is 14.9. The zero-order valence-electron chi connectivity index (χ0n) is 19.9. The van der Waals surface area contributed by atoms with E-state index < -0.39 is 0 Å². The number of hydrogen-bond acceptors (Lipinski definition) is 2. The van der Waals surface area contributed by atoms with Gasteiger partial charge in [-0.15, -0.1) is 0 Å². The number of rotatable bonds is 4. The van der Waals surface area contributed by atoms with Crippen molar-refractivity contribution in [2.24, 2.45) is 5.92 Å². The second kappa shape index (κ2) is 11.2. The van der Waals surface area contributed by atoms with E-state index in [1.54, 1.807) is 0 Å². The van der Waals surface area contributed by atoms with Crippen LogP contribution in [0.3, 0.4) is 0 Å². The molecule has 0 aromatic heterocycles. The van der Waals surface area contributed by atoms with E-state index in [1.165, 1.54) is 65.6 Å². The quantitative estimate of drug-likeness (QED) is 0.551. The number of anilines is 1. The van der Waals surface area contributed by atoms with E-state index in [-0.39, 0.29) is 0 Å². The summed E-state index contributed by atoms with van der Waals surface area (Å²) in [5, 5.41) is 12.9. The first kappa shape index (κ1) is 23.1. The van der Waals surface area contributed by atoms with Crippen molar-refractivity contribution in [3.8, 4) is 6.07 Å². The predicted molar refractivity (Wildman–Crippen MR) is 134 cm³/mol. The summed E-state index contributed by atoms with van der Waals surface area (Å²) in [6.45, 7) is 9.72. The number of aryl methyl sites for hydroxylation is 2. The fourth-order valence-electron chi connectivity index (χ4n) is 4.82. The van der Waals surface area contributed by atoms with Crippen molar-refractivity contribution in [3.05, 3.63) is 69.8 Å². The topological polar surface area (TPSA) is 35.8 Å². The van der Waals surface area contributed by atoms with Gasteiger partial charge in [0.05, 0.1) is 11.6 Å². The fraction of sp³-hybridized carbons (Fsp3) is 0.483. The minimum Gasteiger partial charge on any atom is -0.384 e. The largest absolute Gasteiger partial charge is 0.384 e. The molecule has 2 nitrogen and oxygen atoms in total. The zero-order valence-corrected chi connectivity index (χ0v) is 19.9. The molecule has 4 rings (SSSR count). The molecule has 2 aromatic carbocycles. The molecule has 1 aliphatic carbocycles. The molecule has 0 spiro atoms. The van der Waals surface area contributed by atoms with Crippen LogP contribution >= 0.6 is 0 Å². The molecule has 0 radical (unpaired) electrons. The Morgan fingerprint density at radius 3 is 2.52 bits per heavy atom. The minimum absolute atomic E-state index is 0.767. The van der Waals surface area contributed by atoms with Crippen LogP contribution < -0.4 is 5.32 Å². The number of nitriles is 1. The van der Waals surface area contributed by atoms with Gasteiger partial charge in [0.25, 0.3) is 0 Å². The second-order valence-electron chi connectivity index (χ2n) is 9.25. The number of hydrogen-bond donors (Lipinski definition) is 1. The minimum atomic E-state index is 0.767. The van der Waals surface area contributed by atoms with E-state index in [1.807, 2.05) is 6.92 Å². The van der Waals surface area contributed by atoms with Crippen LogP contribution in [-0.4, -0.2) is 6.54 Å². The van der Waals surface area contributed by atoms with Crippen molar-refractivity contribution in [2.45, 2.75) is 79.1 Å². The summed E-state index contributed by atoms with van der Waals surface area (Å²) < 4.78 is 0. The Hall–Kier alpha value is -2.53. The number of benzene rings is 2. The lowest BCUT2D eigenvalue weighted by molar-refractivity contribution is 0.385. The number of unbranched alkanes of at least 4 members (excludes halogenated alkanes) is 1. The van der Waals surface area contributed by atoms with Gasteiger partial charge in [0, 0.05) is 12.2 Å². The molecule has 1 aliphatic heterocycles. The molecule has 0 bridgehead atoms. The normalized spacial score (nSPS) is 16.0. The van der Waals surface area contributed by atoms with Gasteiger partial charge in [0.2, 0.25) is 0 Å². The van der Waals surface area contributed by atoms with E-state index in [0.717, 1.165) is 42.9 Å². The Bertz CT molecular complexity index is 955. The Labute approximate surface area is 189 Å². The van der Waals surface area contributed by atoms with Crippen molar-refractivity contribution in [1.29, 1.82) is 5.26 Å². The number of nitrogens with one attached hydrogen (secondary N) is 1. The van der Waals surface area contributed by atoms with Gasteiger partial charge in [0.1, 0.15) is 0 Å². The van der Waals surface area contributed by atoms with Crippen molar-refractivity contribution >= 4 is 11.3 Å². The first-order chi connectivity index (χ1) is 15.0. The maximum absolute atomic E-state index is 9.44. The summed E-state index contributed by atoms with van der Waals surface area (Å²) >= 11 is 0. The molecule has 2 heteroatoms. The molecular weight excluding hydrogens is 376 g/mol. The lowest BCUT2D eigenvalue weighted by Gasteiger charge is -2.16. The monoisotopic (exact) mass is 414 g/mol. The van der Waals surface area contributed by atoms with E-state index >= 15 is 0 Å². The van der Waals surface area contributed by atoms with Gasteiger partial charge in [-0.3, -0.25) is 0 Å². The number of nitrogens with zero attached hydrogens (tertiary/aromatic N) is 1. The summed E-state index contributed by atoms with van der Waals surface area (Å²) in [6, 6.07) is 13.0. The molecule has 164 valence electrons. The summed E-state index contributed by atoms with van der Waals surface area (Å²) in [6.07, 6.45) is 13.0. The molecule has 1 saturated carbocycles. The van der Waals surface area contributed by atoms with Crippen molar-refractivity contribution in [3.63, 3.8) is 0 Å². The lowest BCUT2D eigenvalue weighted by Crippen LogP contribution is -1.99. The molecule has 1 fully saturated rings. The molecule has 1 heterocycles. The van der Waals surface area contributed by atoms with Crippen molar-refractivity contribution < 1.29 is 0 Å². The van der Waals surface area contributed by atoms with Crippen LogP contribution in [0.15, 0.2) is 36.4 Å². The fourth-order valence-corrected chi connectivity index (χ4v) is 4.82. The molecule has 0 saturated heterocycles. The summed E-state index contributed by atoms with van der Waals surface area (Å²) in [7, 11) is 0. The smallest absolute Gasteiger partial charge is 0.0994 e. The van der Waals surface area contributed by atoms with Crippen LogP contribution in [0, 0.1) is 31.1 Å². The molecule has 2 aromatic rings. The van der Waals surface area contributed by atoms with Gasteiger partial charge in [0.15, 0.2) is 0 Å². The number of allylic oxidation sites excluding steroid dienone is 1. The van der Waals surface area contributed by atoms with Gasteiger partial charge in [-0.05, 0) is 78.1 Å². The molecule has 1 N–H and O–H groups in total. The molecule has 31 heavy (non-hydrogen) atoms. The van der Waals surface area contributed by atoms with Crippen LogP contribution in [0.1, 0.15) is 92.2 Å². The van der Waals surface area contributed by atoms with Crippen molar-refractivity contribution in [1.82, 2.24) is 0 Å². The van der Waals surface area contributed by atoms with Crippen LogP contribution in [0.2, 0.25) is 0 Å². The van der Waals surface area contributed by atoms with Crippen molar-refractivity contribution in [2.75, 3.05) is 11.9 Å². The Morgan fingerprint density at radius 2 is 1.87 bits per heavy atom. The maximum atomic E-state index is 9.44. The van der Waals surface area contributed by atoms with Crippen LogP contribution in [0.25, 0.3) is 5.57 Å². The highest BCUT2D eigenvalue weighted by molar-refractivity contribution is 5.86. The van der Waals surface area contributed by atoms with E-state index in [4.69, 9.17) is 0 Å². The van der Waals surface area contributed by atoms with Gasteiger partial charge >= 0.3 is 0 Å². The summed E-state index contributed by atoms with van der Waals surface area (Å²) in [5.74, 6) is 1.04. The molecule has 2 aliphatic rings. The van der Waals surface area contributed by atoms with E-state index in [2.05, 4.69) is 68.6 Å². The van der Waals surface area contributed by atoms with Gasteiger partial charge in [-0.2, -0.15) is 5.26 Å². The highest BCUT2D eigenvalue weighted by Gasteiger charge is 2.19. The Balaban J connectivity index is 0.000000330. The summed E-state index contributed by atoms with van der Waals surface area (Å²) in [4.78, 5) is 0. The van der Waals surface area contributed by atoms with Gasteiger partial charge < -0.3 is 5.32 Å². The molecule has 0 atom stereocenters. The second-order valence-corrected chi connectivity index (χ2v) is 9.25.